The number of amides is 1. The first-order valence-corrected chi connectivity index (χ1v) is 6.81. The van der Waals surface area contributed by atoms with Crippen molar-refractivity contribution in [3.05, 3.63) is 35.1 Å². The van der Waals surface area contributed by atoms with Crippen molar-refractivity contribution in [1.29, 1.82) is 0 Å². The van der Waals surface area contributed by atoms with E-state index in [1.54, 1.807) is 24.0 Å². The number of carbonyl (C=O) groups is 1. The Kier molecular flexibility index (Phi) is 4.20. The molecule has 0 bridgehead atoms. The van der Waals surface area contributed by atoms with Crippen LogP contribution < -0.4 is 5.73 Å². The second-order valence-corrected chi connectivity index (χ2v) is 5.39. The molecule has 2 rings (SSSR count). The van der Waals surface area contributed by atoms with Gasteiger partial charge >= 0.3 is 0 Å². The van der Waals surface area contributed by atoms with E-state index < -0.39 is 0 Å². The van der Waals surface area contributed by atoms with E-state index in [0.29, 0.717) is 30.1 Å². The van der Waals surface area contributed by atoms with Crippen molar-refractivity contribution in [1.82, 2.24) is 4.90 Å². The fourth-order valence-electron chi connectivity index (χ4n) is 2.75. The molecular formula is C15H21FN2O. The van der Waals surface area contributed by atoms with E-state index in [1.165, 1.54) is 6.07 Å². The van der Waals surface area contributed by atoms with E-state index in [-0.39, 0.29) is 17.8 Å². The molecular weight excluding hydrogens is 243 g/mol. The van der Waals surface area contributed by atoms with Crippen LogP contribution in [0, 0.1) is 18.7 Å². The van der Waals surface area contributed by atoms with Crippen LogP contribution in [0.25, 0.3) is 0 Å². The largest absolute Gasteiger partial charge is 0.334 e. The fourth-order valence-corrected chi connectivity index (χ4v) is 2.75. The third-order valence-corrected chi connectivity index (χ3v) is 4.04. The predicted octanol–water partition coefficient (Wildman–Crippen LogP) is 2.33. The second kappa shape index (κ2) is 5.70. The average molecular weight is 264 g/mol. The molecule has 0 radical (unpaired) electrons. The van der Waals surface area contributed by atoms with Gasteiger partial charge in [-0.05, 0) is 43.4 Å². The van der Waals surface area contributed by atoms with E-state index in [0.717, 1.165) is 12.8 Å². The zero-order chi connectivity index (χ0) is 14.0. The van der Waals surface area contributed by atoms with Gasteiger partial charge in [-0.15, -0.1) is 0 Å². The van der Waals surface area contributed by atoms with E-state index in [1.807, 2.05) is 0 Å². The van der Waals surface area contributed by atoms with Crippen LogP contribution in [-0.2, 0) is 0 Å². The lowest BCUT2D eigenvalue weighted by atomic mass is 9.90. The highest BCUT2D eigenvalue weighted by molar-refractivity contribution is 5.94. The van der Waals surface area contributed by atoms with Gasteiger partial charge < -0.3 is 10.6 Å². The third-order valence-electron chi connectivity index (χ3n) is 4.04. The summed E-state index contributed by atoms with van der Waals surface area (Å²) in [5.41, 5.74) is 6.75. The Hall–Kier alpha value is -1.42. The quantitative estimate of drug-likeness (QED) is 0.891. The van der Waals surface area contributed by atoms with Gasteiger partial charge in [0.1, 0.15) is 5.82 Å². The number of likely N-dealkylation sites (tertiary alicyclic amines) is 1. The highest BCUT2D eigenvalue weighted by Crippen LogP contribution is 2.24. The van der Waals surface area contributed by atoms with Crippen LogP contribution in [0.4, 0.5) is 4.39 Å². The van der Waals surface area contributed by atoms with E-state index >= 15 is 0 Å². The molecule has 0 spiro atoms. The number of hydrogen-bond donors (Lipinski definition) is 1. The number of carbonyl (C=O) groups excluding carboxylic acids is 1. The standard InChI is InChI=1S/C15H21FN2O/c1-10-5-6-12(8-13(10)16)15(19)18-7-3-4-11(2)14(18)9-17/h5-6,8,11,14H,3-4,7,9,17H2,1-2H3/t11-,14-/m1/s1. The Labute approximate surface area is 113 Å². The number of benzene rings is 1. The maximum absolute atomic E-state index is 13.6. The van der Waals surface area contributed by atoms with Gasteiger partial charge in [0, 0.05) is 24.7 Å². The molecule has 0 saturated carbocycles. The first-order valence-electron chi connectivity index (χ1n) is 6.81. The summed E-state index contributed by atoms with van der Waals surface area (Å²) in [6.07, 6.45) is 2.08. The van der Waals surface area contributed by atoms with Gasteiger partial charge in [-0.1, -0.05) is 13.0 Å². The molecule has 1 aromatic rings. The molecule has 1 aliphatic rings. The molecule has 2 N–H and O–H groups in total. The lowest BCUT2D eigenvalue weighted by Crippen LogP contribution is -2.51. The highest BCUT2D eigenvalue weighted by Gasteiger charge is 2.31. The Bertz CT molecular complexity index is 475. The van der Waals surface area contributed by atoms with Crippen molar-refractivity contribution in [2.75, 3.05) is 13.1 Å². The summed E-state index contributed by atoms with van der Waals surface area (Å²) >= 11 is 0. The first-order chi connectivity index (χ1) is 9.04. The minimum absolute atomic E-state index is 0.0608. The first kappa shape index (κ1) is 14.0. The summed E-state index contributed by atoms with van der Waals surface area (Å²) < 4.78 is 13.6. The van der Waals surface area contributed by atoms with Crippen LogP contribution in [0.5, 0.6) is 0 Å². The number of nitrogens with zero attached hydrogens (tertiary/aromatic N) is 1. The third kappa shape index (κ3) is 2.78. The molecule has 0 aliphatic carbocycles. The minimum atomic E-state index is -0.333. The Morgan fingerprint density at radius 1 is 1.53 bits per heavy atom. The lowest BCUT2D eigenvalue weighted by Gasteiger charge is -2.39. The number of hydrogen-bond acceptors (Lipinski definition) is 2. The van der Waals surface area contributed by atoms with Crippen molar-refractivity contribution >= 4 is 5.91 Å². The number of halogens is 1. The fraction of sp³-hybridized carbons (Fsp3) is 0.533. The molecule has 0 unspecified atom stereocenters. The van der Waals surface area contributed by atoms with Crippen molar-refractivity contribution in [3.8, 4) is 0 Å². The van der Waals surface area contributed by atoms with Gasteiger partial charge in [0.15, 0.2) is 0 Å². The molecule has 1 heterocycles. The summed E-state index contributed by atoms with van der Waals surface area (Å²) in [5.74, 6) is -0.0425. The molecule has 1 aliphatic heterocycles. The normalized spacial score (nSPS) is 23.5. The van der Waals surface area contributed by atoms with Gasteiger partial charge in [-0.2, -0.15) is 0 Å². The molecule has 4 heteroatoms. The number of rotatable bonds is 2. The maximum atomic E-state index is 13.6. The summed E-state index contributed by atoms with van der Waals surface area (Å²) in [5, 5.41) is 0. The zero-order valence-corrected chi connectivity index (χ0v) is 11.5. The predicted molar refractivity (Wildman–Crippen MR) is 73.4 cm³/mol. The average Bonchev–Trinajstić information content (AvgIpc) is 2.40. The van der Waals surface area contributed by atoms with Crippen molar-refractivity contribution in [2.24, 2.45) is 11.7 Å². The molecule has 1 aromatic carbocycles. The molecule has 1 amide bonds. The summed E-state index contributed by atoms with van der Waals surface area (Å²) in [4.78, 5) is 14.3. The number of piperidine rings is 1. The van der Waals surface area contributed by atoms with Crippen molar-refractivity contribution in [3.63, 3.8) is 0 Å². The monoisotopic (exact) mass is 264 g/mol. The molecule has 0 aromatic heterocycles. The van der Waals surface area contributed by atoms with Crippen LogP contribution >= 0.6 is 0 Å². The number of aryl methyl sites for hydroxylation is 1. The van der Waals surface area contributed by atoms with Crippen LogP contribution in [0.15, 0.2) is 18.2 Å². The summed E-state index contributed by atoms with van der Waals surface area (Å²) in [6.45, 7) is 4.98. The van der Waals surface area contributed by atoms with Gasteiger partial charge in [-0.3, -0.25) is 4.79 Å². The Morgan fingerprint density at radius 2 is 2.26 bits per heavy atom. The molecule has 104 valence electrons. The van der Waals surface area contributed by atoms with Gasteiger partial charge in [0.05, 0.1) is 0 Å². The minimum Gasteiger partial charge on any atom is -0.334 e. The van der Waals surface area contributed by atoms with E-state index in [9.17, 15) is 9.18 Å². The molecule has 1 fully saturated rings. The Morgan fingerprint density at radius 3 is 2.89 bits per heavy atom. The second-order valence-electron chi connectivity index (χ2n) is 5.39. The van der Waals surface area contributed by atoms with Gasteiger partial charge in [0.2, 0.25) is 0 Å². The molecule has 3 nitrogen and oxygen atoms in total. The lowest BCUT2D eigenvalue weighted by molar-refractivity contribution is 0.0532. The zero-order valence-electron chi connectivity index (χ0n) is 11.5. The van der Waals surface area contributed by atoms with E-state index in [4.69, 9.17) is 5.73 Å². The summed E-state index contributed by atoms with van der Waals surface area (Å²) in [7, 11) is 0. The van der Waals surface area contributed by atoms with Gasteiger partial charge in [0.25, 0.3) is 5.91 Å². The molecule has 1 saturated heterocycles. The van der Waals surface area contributed by atoms with Crippen molar-refractivity contribution in [2.45, 2.75) is 32.7 Å². The molecule has 2 atom stereocenters. The van der Waals surface area contributed by atoms with Gasteiger partial charge in [-0.25, -0.2) is 4.39 Å². The SMILES string of the molecule is Cc1ccc(C(=O)N2CCC[C@@H](C)[C@H]2CN)cc1F. The highest BCUT2D eigenvalue weighted by atomic mass is 19.1. The van der Waals surface area contributed by atoms with E-state index in [2.05, 4.69) is 6.92 Å². The smallest absolute Gasteiger partial charge is 0.254 e. The van der Waals surface area contributed by atoms with Crippen LogP contribution in [0.3, 0.4) is 0 Å². The topological polar surface area (TPSA) is 46.3 Å². The van der Waals surface area contributed by atoms with Crippen LogP contribution in [0.1, 0.15) is 35.7 Å². The van der Waals surface area contributed by atoms with Crippen LogP contribution in [0.2, 0.25) is 0 Å². The molecule has 19 heavy (non-hydrogen) atoms. The van der Waals surface area contributed by atoms with Crippen LogP contribution in [-0.4, -0.2) is 29.9 Å². The maximum Gasteiger partial charge on any atom is 0.254 e. The number of nitrogens with two attached hydrogens (primary N) is 1. The Balaban J connectivity index is 2.24. The summed E-state index contributed by atoms with van der Waals surface area (Å²) in [6, 6.07) is 4.72. The van der Waals surface area contributed by atoms with Crippen molar-refractivity contribution < 1.29 is 9.18 Å².